The summed E-state index contributed by atoms with van der Waals surface area (Å²) >= 11 is 0. The van der Waals surface area contributed by atoms with Crippen molar-refractivity contribution in [3.63, 3.8) is 0 Å². The predicted molar refractivity (Wildman–Crippen MR) is 101 cm³/mol. The number of sulfone groups is 1. The number of rotatable bonds is 6. The Balaban J connectivity index is 1.82. The number of aliphatic hydroxyl groups is 1. The molecule has 3 rings (SSSR count). The number of hydrogen-bond donors (Lipinski definition) is 1. The van der Waals surface area contributed by atoms with E-state index in [0.717, 1.165) is 28.1 Å². The zero-order chi connectivity index (χ0) is 18.7. The highest BCUT2D eigenvalue weighted by atomic mass is 32.2. The topological polar surface area (TPSA) is 80.4 Å². The lowest BCUT2D eigenvalue weighted by Gasteiger charge is -2.04. The van der Waals surface area contributed by atoms with E-state index in [4.69, 9.17) is 9.52 Å². The molecule has 0 aliphatic carbocycles. The van der Waals surface area contributed by atoms with E-state index in [1.54, 1.807) is 24.3 Å². The molecule has 0 aliphatic heterocycles. The van der Waals surface area contributed by atoms with Crippen LogP contribution in [-0.4, -0.2) is 31.4 Å². The summed E-state index contributed by atoms with van der Waals surface area (Å²) in [5.74, 6) is 1.34. The van der Waals surface area contributed by atoms with Gasteiger partial charge in [-0.15, -0.1) is 0 Å². The number of aliphatic hydroxyl groups excluding tert-OH is 1. The van der Waals surface area contributed by atoms with Gasteiger partial charge in [0.15, 0.2) is 9.84 Å². The number of benzene rings is 2. The van der Waals surface area contributed by atoms with Crippen LogP contribution in [0.1, 0.15) is 17.9 Å². The van der Waals surface area contributed by atoms with Crippen LogP contribution < -0.4 is 0 Å². The molecule has 1 aromatic heterocycles. The summed E-state index contributed by atoms with van der Waals surface area (Å²) in [7, 11) is -3.19. The maximum atomic E-state index is 11.5. The van der Waals surface area contributed by atoms with Crippen molar-refractivity contribution in [1.82, 2.24) is 4.98 Å². The summed E-state index contributed by atoms with van der Waals surface area (Å²) in [6.07, 6.45) is 2.55. The molecular formula is C20H21NO4S. The SMILES string of the molecule is Cc1oc(-c2ccc(-c3ccc(S(C)(=O)=O)cc3)cc2)nc1CCCO. The number of oxazole rings is 1. The van der Waals surface area contributed by atoms with E-state index in [1.807, 2.05) is 31.2 Å². The van der Waals surface area contributed by atoms with Crippen LogP contribution in [0.25, 0.3) is 22.6 Å². The van der Waals surface area contributed by atoms with Crippen LogP contribution in [0, 0.1) is 6.92 Å². The average Bonchev–Trinajstić information content (AvgIpc) is 3.00. The molecule has 0 amide bonds. The van der Waals surface area contributed by atoms with E-state index < -0.39 is 9.84 Å². The summed E-state index contributed by atoms with van der Waals surface area (Å²) < 4.78 is 28.8. The Hall–Kier alpha value is -2.44. The van der Waals surface area contributed by atoms with Gasteiger partial charge in [0.25, 0.3) is 0 Å². The quantitative estimate of drug-likeness (QED) is 0.715. The number of hydrogen-bond acceptors (Lipinski definition) is 5. The second-order valence-electron chi connectivity index (χ2n) is 6.22. The van der Waals surface area contributed by atoms with E-state index in [2.05, 4.69) is 4.98 Å². The molecule has 0 unspecified atom stereocenters. The van der Waals surface area contributed by atoms with Crippen LogP contribution in [0.3, 0.4) is 0 Å². The molecule has 0 fully saturated rings. The molecule has 3 aromatic rings. The van der Waals surface area contributed by atoms with Gasteiger partial charge in [0, 0.05) is 18.4 Å². The van der Waals surface area contributed by atoms with Crippen LogP contribution in [0.2, 0.25) is 0 Å². The minimum absolute atomic E-state index is 0.133. The standard InChI is InChI=1S/C20H21NO4S/c1-14-19(4-3-13-22)21-20(25-14)17-7-5-15(6-8-17)16-9-11-18(12-10-16)26(2,23)24/h5-12,22H,3-4,13H2,1-2H3. The van der Waals surface area contributed by atoms with Crippen LogP contribution >= 0.6 is 0 Å². The first-order chi connectivity index (χ1) is 12.4. The first-order valence-corrected chi connectivity index (χ1v) is 10.3. The van der Waals surface area contributed by atoms with E-state index in [9.17, 15) is 8.42 Å². The summed E-state index contributed by atoms with van der Waals surface area (Å²) in [6, 6.07) is 14.6. The van der Waals surface area contributed by atoms with Gasteiger partial charge in [-0.25, -0.2) is 13.4 Å². The summed E-state index contributed by atoms with van der Waals surface area (Å²) in [5.41, 5.74) is 3.67. The van der Waals surface area contributed by atoms with Gasteiger partial charge in [-0.3, -0.25) is 0 Å². The monoisotopic (exact) mass is 371 g/mol. The van der Waals surface area contributed by atoms with Gasteiger partial charge in [0.05, 0.1) is 10.6 Å². The minimum atomic E-state index is -3.19. The van der Waals surface area contributed by atoms with Gasteiger partial charge in [-0.2, -0.15) is 0 Å². The highest BCUT2D eigenvalue weighted by molar-refractivity contribution is 7.90. The Kier molecular flexibility index (Phi) is 5.25. The Morgan fingerprint density at radius 1 is 0.962 bits per heavy atom. The van der Waals surface area contributed by atoms with Gasteiger partial charge in [0.2, 0.25) is 5.89 Å². The molecule has 0 bridgehead atoms. The second-order valence-corrected chi connectivity index (χ2v) is 8.24. The zero-order valence-corrected chi connectivity index (χ0v) is 15.6. The highest BCUT2D eigenvalue weighted by Crippen LogP contribution is 2.27. The van der Waals surface area contributed by atoms with Crippen molar-refractivity contribution in [3.8, 4) is 22.6 Å². The van der Waals surface area contributed by atoms with Crippen molar-refractivity contribution in [2.24, 2.45) is 0 Å². The fourth-order valence-corrected chi connectivity index (χ4v) is 3.36. The third kappa shape index (κ3) is 4.03. The van der Waals surface area contributed by atoms with Crippen LogP contribution in [0.4, 0.5) is 0 Å². The molecule has 5 nitrogen and oxygen atoms in total. The van der Waals surface area contributed by atoms with E-state index in [1.165, 1.54) is 6.26 Å². The highest BCUT2D eigenvalue weighted by Gasteiger charge is 2.12. The van der Waals surface area contributed by atoms with Gasteiger partial charge in [0.1, 0.15) is 5.76 Å². The first kappa shape index (κ1) is 18.4. The molecule has 2 aromatic carbocycles. The van der Waals surface area contributed by atoms with E-state index >= 15 is 0 Å². The lowest BCUT2D eigenvalue weighted by Crippen LogP contribution is -1.96. The van der Waals surface area contributed by atoms with Gasteiger partial charge in [-0.1, -0.05) is 24.3 Å². The Morgan fingerprint density at radius 3 is 2.04 bits per heavy atom. The molecule has 0 spiro atoms. The van der Waals surface area contributed by atoms with Crippen molar-refractivity contribution in [2.45, 2.75) is 24.7 Å². The molecule has 6 heteroatoms. The fourth-order valence-electron chi connectivity index (χ4n) is 2.73. The van der Waals surface area contributed by atoms with Crippen LogP contribution in [-0.2, 0) is 16.3 Å². The maximum absolute atomic E-state index is 11.5. The number of nitrogens with zero attached hydrogens (tertiary/aromatic N) is 1. The van der Waals surface area contributed by atoms with Crippen molar-refractivity contribution in [1.29, 1.82) is 0 Å². The van der Waals surface area contributed by atoms with Crippen molar-refractivity contribution < 1.29 is 17.9 Å². The summed E-state index contributed by atoms with van der Waals surface area (Å²) in [4.78, 5) is 4.82. The summed E-state index contributed by atoms with van der Waals surface area (Å²) in [5, 5.41) is 8.95. The Labute approximate surface area is 153 Å². The average molecular weight is 371 g/mol. The molecule has 0 saturated heterocycles. The molecule has 0 saturated carbocycles. The smallest absolute Gasteiger partial charge is 0.226 e. The molecule has 0 atom stereocenters. The maximum Gasteiger partial charge on any atom is 0.226 e. The number of aromatic nitrogens is 1. The Bertz CT molecular complexity index is 987. The van der Waals surface area contributed by atoms with Crippen LogP contribution in [0.5, 0.6) is 0 Å². The Morgan fingerprint density at radius 2 is 1.50 bits per heavy atom. The first-order valence-electron chi connectivity index (χ1n) is 8.36. The van der Waals surface area contributed by atoms with Crippen molar-refractivity contribution in [3.05, 3.63) is 60.0 Å². The largest absolute Gasteiger partial charge is 0.441 e. The predicted octanol–water partition coefficient (Wildman–Crippen LogP) is 3.65. The molecule has 0 aliphatic rings. The van der Waals surface area contributed by atoms with Crippen molar-refractivity contribution in [2.75, 3.05) is 12.9 Å². The molecule has 0 radical (unpaired) electrons. The molecule has 1 N–H and O–H groups in total. The fraction of sp³-hybridized carbons (Fsp3) is 0.250. The minimum Gasteiger partial charge on any atom is -0.441 e. The molecular weight excluding hydrogens is 350 g/mol. The normalized spacial score (nSPS) is 11.7. The molecule has 1 heterocycles. The van der Waals surface area contributed by atoms with E-state index in [0.29, 0.717) is 23.6 Å². The lowest BCUT2D eigenvalue weighted by atomic mass is 10.0. The summed E-state index contributed by atoms with van der Waals surface area (Å²) in [6.45, 7) is 2.01. The molecule has 136 valence electrons. The zero-order valence-electron chi connectivity index (χ0n) is 14.8. The van der Waals surface area contributed by atoms with Gasteiger partial charge < -0.3 is 9.52 Å². The van der Waals surface area contributed by atoms with E-state index in [-0.39, 0.29) is 6.61 Å². The number of aryl methyl sites for hydroxylation is 2. The van der Waals surface area contributed by atoms with Crippen molar-refractivity contribution >= 4 is 9.84 Å². The molecule has 26 heavy (non-hydrogen) atoms. The second kappa shape index (κ2) is 7.43. The lowest BCUT2D eigenvalue weighted by molar-refractivity contribution is 0.288. The van der Waals surface area contributed by atoms with Gasteiger partial charge >= 0.3 is 0 Å². The third-order valence-corrected chi connectivity index (χ3v) is 5.34. The van der Waals surface area contributed by atoms with Crippen LogP contribution in [0.15, 0.2) is 57.8 Å². The third-order valence-electron chi connectivity index (χ3n) is 4.21. The van der Waals surface area contributed by atoms with Gasteiger partial charge in [-0.05, 0) is 55.2 Å².